The fourth-order valence-electron chi connectivity index (χ4n) is 1.59. The van der Waals surface area contributed by atoms with Gasteiger partial charge in [0.2, 0.25) is 10.0 Å². The summed E-state index contributed by atoms with van der Waals surface area (Å²) in [6.07, 6.45) is 0. The van der Waals surface area contributed by atoms with Crippen LogP contribution in [-0.4, -0.2) is 18.3 Å². The number of nitrogens with one attached hydrogen (secondary N) is 1. The maximum Gasteiger partial charge on any atom is 0.293 e. The first-order valence-corrected chi connectivity index (χ1v) is 8.10. The molecule has 2 aromatic rings. The van der Waals surface area contributed by atoms with E-state index in [0.717, 1.165) is 11.1 Å². The van der Waals surface area contributed by atoms with Gasteiger partial charge in [0.25, 0.3) is 5.69 Å². The Morgan fingerprint density at radius 1 is 1.48 bits per heavy atom. The van der Waals surface area contributed by atoms with Crippen LogP contribution in [0.3, 0.4) is 0 Å². The van der Waals surface area contributed by atoms with E-state index in [1.165, 1.54) is 23.5 Å². The summed E-state index contributed by atoms with van der Waals surface area (Å²) in [4.78, 5) is 14.0. The van der Waals surface area contributed by atoms with Gasteiger partial charge in [-0.1, -0.05) is 0 Å². The van der Waals surface area contributed by atoms with Crippen molar-refractivity contribution in [1.29, 1.82) is 0 Å². The number of hydrogen-bond donors (Lipinski definition) is 2. The fourth-order valence-corrected chi connectivity index (χ4v) is 3.22. The Morgan fingerprint density at radius 3 is 2.76 bits per heavy atom. The highest BCUT2D eigenvalue weighted by Gasteiger charge is 2.20. The molecule has 0 fully saturated rings. The van der Waals surface area contributed by atoms with Crippen LogP contribution in [0.2, 0.25) is 0 Å². The molecule has 1 aromatic heterocycles. The second-order valence-electron chi connectivity index (χ2n) is 4.16. The van der Waals surface area contributed by atoms with Crippen LogP contribution in [-0.2, 0) is 16.6 Å². The van der Waals surface area contributed by atoms with E-state index in [1.807, 2.05) is 6.92 Å². The van der Waals surface area contributed by atoms with Crippen LogP contribution in [0.4, 0.5) is 11.4 Å². The molecule has 0 spiro atoms. The monoisotopic (exact) mass is 328 g/mol. The van der Waals surface area contributed by atoms with Gasteiger partial charge in [0.1, 0.15) is 5.69 Å². The zero-order chi connectivity index (χ0) is 15.6. The first kappa shape index (κ1) is 15.4. The van der Waals surface area contributed by atoms with Gasteiger partial charge in [-0.05, 0) is 19.1 Å². The molecule has 0 atom stereocenters. The molecule has 1 aromatic carbocycles. The number of sulfonamides is 1. The SMILES string of the molecule is Cc1nc(CNS(=O)(=O)c2ccc(N)c([N+](=O)[O-])c2)cs1. The standard InChI is InChI=1S/C11H12N4O4S2/c1-7-14-8(6-20-7)5-13-21(18,19)9-2-3-10(12)11(4-9)15(16)17/h2-4,6,13H,5,12H2,1H3. The molecule has 21 heavy (non-hydrogen) atoms. The molecule has 0 radical (unpaired) electrons. The third-order valence-electron chi connectivity index (χ3n) is 2.62. The van der Waals surface area contributed by atoms with Gasteiger partial charge < -0.3 is 5.73 Å². The van der Waals surface area contributed by atoms with Gasteiger partial charge in [-0.3, -0.25) is 10.1 Å². The number of rotatable bonds is 5. The molecular weight excluding hydrogens is 316 g/mol. The molecule has 0 amide bonds. The van der Waals surface area contributed by atoms with Crippen molar-refractivity contribution in [3.63, 3.8) is 0 Å². The molecule has 112 valence electrons. The lowest BCUT2D eigenvalue weighted by molar-refractivity contribution is -0.384. The number of nitro groups is 1. The zero-order valence-electron chi connectivity index (χ0n) is 10.9. The summed E-state index contributed by atoms with van der Waals surface area (Å²) in [7, 11) is -3.87. The van der Waals surface area contributed by atoms with Gasteiger partial charge >= 0.3 is 0 Å². The van der Waals surface area contributed by atoms with Crippen LogP contribution < -0.4 is 10.5 Å². The quantitative estimate of drug-likeness (QED) is 0.485. The van der Waals surface area contributed by atoms with Gasteiger partial charge in [0.15, 0.2) is 0 Å². The second-order valence-corrected chi connectivity index (χ2v) is 6.99. The number of aryl methyl sites for hydroxylation is 1. The predicted octanol–water partition coefficient (Wildman–Crippen LogP) is 1.42. The van der Waals surface area contributed by atoms with Gasteiger partial charge in [-0.15, -0.1) is 11.3 Å². The van der Waals surface area contributed by atoms with Crippen molar-refractivity contribution >= 4 is 32.7 Å². The topological polar surface area (TPSA) is 128 Å². The smallest absolute Gasteiger partial charge is 0.293 e. The number of nitrogens with two attached hydrogens (primary N) is 1. The van der Waals surface area contributed by atoms with Crippen molar-refractivity contribution in [2.45, 2.75) is 18.4 Å². The van der Waals surface area contributed by atoms with Crippen molar-refractivity contribution in [2.24, 2.45) is 0 Å². The summed E-state index contributed by atoms with van der Waals surface area (Å²) >= 11 is 1.41. The maximum atomic E-state index is 12.1. The van der Waals surface area contributed by atoms with E-state index in [9.17, 15) is 18.5 Å². The number of thiazole rings is 1. The molecule has 1 heterocycles. The Morgan fingerprint density at radius 2 is 2.19 bits per heavy atom. The maximum absolute atomic E-state index is 12.1. The van der Waals surface area contributed by atoms with Crippen molar-refractivity contribution in [3.8, 4) is 0 Å². The number of hydrogen-bond acceptors (Lipinski definition) is 7. The molecule has 8 nitrogen and oxygen atoms in total. The van der Waals surface area contributed by atoms with E-state index in [2.05, 4.69) is 9.71 Å². The number of nitro benzene ring substituents is 1. The van der Waals surface area contributed by atoms with Crippen LogP contribution >= 0.6 is 11.3 Å². The highest BCUT2D eigenvalue weighted by atomic mass is 32.2. The minimum absolute atomic E-state index is 0.0187. The van der Waals surface area contributed by atoms with Gasteiger partial charge in [0, 0.05) is 11.4 Å². The Kier molecular flexibility index (Phi) is 4.21. The van der Waals surface area contributed by atoms with E-state index in [0.29, 0.717) is 5.69 Å². The molecule has 0 aliphatic heterocycles. The number of aromatic nitrogens is 1. The van der Waals surface area contributed by atoms with Crippen LogP contribution in [0.1, 0.15) is 10.7 Å². The normalized spacial score (nSPS) is 11.5. The number of benzene rings is 1. The minimum Gasteiger partial charge on any atom is -0.393 e. The van der Waals surface area contributed by atoms with Gasteiger partial charge in [-0.2, -0.15) is 0 Å². The zero-order valence-corrected chi connectivity index (χ0v) is 12.6. The Bertz CT molecular complexity index is 785. The molecule has 10 heteroatoms. The number of nitrogens with zero attached hydrogens (tertiary/aromatic N) is 2. The fraction of sp³-hybridized carbons (Fsp3) is 0.182. The third-order valence-corrected chi connectivity index (χ3v) is 4.84. The lowest BCUT2D eigenvalue weighted by atomic mass is 10.3. The summed E-state index contributed by atoms with van der Waals surface area (Å²) in [5.41, 5.74) is 5.49. The van der Waals surface area contributed by atoms with Gasteiger partial charge in [0.05, 0.1) is 27.1 Å². The highest BCUT2D eigenvalue weighted by molar-refractivity contribution is 7.89. The van der Waals surface area contributed by atoms with Crippen molar-refractivity contribution in [3.05, 3.63) is 44.4 Å². The Balaban J connectivity index is 2.23. The summed E-state index contributed by atoms with van der Waals surface area (Å²) in [5.74, 6) is 0. The predicted molar refractivity (Wildman–Crippen MR) is 78.4 cm³/mol. The summed E-state index contributed by atoms with van der Waals surface area (Å²) < 4.78 is 26.5. The highest BCUT2D eigenvalue weighted by Crippen LogP contribution is 2.24. The Labute approximate surface area is 124 Å². The van der Waals surface area contributed by atoms with Crippen LogP contribution in [0.25, 0.3) is 0 Å². The molecule has 0 unspecified atom stereocenters. The van der Waals surface area contributed by atoms with E-state index in [1.54, 1.807) is 5.38 Å². The average molecular weight is 328 g/mol. The largest absolute Gasteiger partial charge is 0.393 e. The molecule has 0 bridgehead atoms. The molecule has 0 aliphatic carbocycles. The first-order chi connectivity index (χ1) is 9.79. The van der Waals surface area contributed by atoms with Crippen molar-refractivity contribution < 1.29 is 13.3 Å². The number of nitrogen functional groups attached to an aromatic ring is 1. The molecule has 0 saturated heterocycles. The molecule has 0 aliphatic rings. The van der Waals surface area contributed by atoms with Crippen molar-refractivity contribution in [2.75, 3.05) is 5.73 Å². The molecular formula is C11H12N4O4S2. The summed E-state index contributed by atoms with van der Waals surface area (Å²) in [6, 6.07) is 3.35. The minimum atomic E-state index is -3.87. The molecule has 2 rings (SSSR count). The average Bonchev–Trinajstić information content (AvgIpc) is 2.82. The van der Waals surface area contributed by atoms with Crippen LogP contribution in [0.15, 0.2) is 28.5 Å². The van der Waals surface area contributed by atoms with Gasteiger partial charge in [-0.25, -0.2) is 18.1 Å². The van der Waals surface area contributed by atoms with E-state index < -0.39 is 20.6 Å². The molecule has 0 saturated carbocycles. The lowest BCUT2D eigenvalue weighted by Gasteiger charge is -2.06. The van der Waals surface area contributed by atoms with E-state index in [-0.39, 0.29) is 17.1 Å². The lowest BCUT2D eigenvalue weighted by Crippen LogP contribution is -2.23. The van der Waals surface area contributed by atoms with Crippen LogP contribution in [0, 0.1) is 17.0 Å². The van der Waals surface area contributed by atoms with Crippen LogP contribution in [0.5, 0.6) is 0 Å². The second kappa shape index (κ2) is 5.76. The van der Waals surface area contributed by atoms with E-state index >= 15 is 0 Å². The van der Waals surface area contributed by atoms with Crippen molar-refractivity contribution in [1.82, 2.24) is 9.71 Å². The third kappa shape index (κ3) is 3.54. The molecule has 3 N–H and O–H groups in total. The summed E-state index contributed by atoms with van der Waals surface area (Å²) in [5, 5.41) is 13.4. The van der Waals surface area contributed by atoms with E-state index in [4.69, 9.17) is 5.73 Å². The summed E-state index contributed by atoms with van der Waals surface area (Å²) in [6.45, 7) is 1.83. The number of anilines is 1. The first-order valence-electron chi connectivity index (χ1n) is 5.74. The Hall–Kier alpha value is -2.04.